The van der Waals surface area contributed by atoms with E-state index in [4.69, 9.17) is 0 Å². The fraction of sp³-hybridized carbons (Fsp3) is 0.400. The van der Waals surface area contributed by atoms with Crippen LogP contribution in [0.25, 0.3) is 11.4 Å². The zero-order valence-electron chi connectivity index (χ0n) is 19.4. The molecular formula is C25H29FN6O2. The van der Waals surface area contributed by atoms with E-state index >= 15 is 0 Å². The number of carbonyl (C=O) groups is 2. The van der Waals surface area contributed by atoms with Crippen LogP contribution in [0.15, 0.2) is 48.5 Å². The summed E-state index contributed by atoms with van der Waals surface area (Å²) in [6.45, 7) is 3.70. The number of hydrogen-bond donors (Lipinski definition) is 1. The second-order valence-electron chi connectivity index (χ2n) is 8.82. The maximum atomic E-state index is 13.4. The number of benzene rings is 2. The average Bonchev–Trinajstić information content (AvgIpc) is 3.51. The summed E-state index contributed by atoms with van der Waals surface area (Å²) < 4.78 is 13.4. The summed E-state index contributed by atoms with van der Waals surface area (Å²) >= 11 is 0. The van der Waals surface area contributed by atoms with Crippen molar-refractivity contribution in [2.75, 3.05) is 0 Å². The van der Waals surface area contributed by atoms with Crippen LogP contribution in [0, 0.1) is 12.7 Å². The Hall–Kier alpha value is -3.62. The number of nitrogens with one attached hydrogen (secondary N) is 1. The Morgan fingerprint density at radius 3 is 2.47 bits per heavy atom. The van der Waals surface area contributed by atoms with Gasteiger partial charge in [0.2, 0.25) is 17.6 Å². The van der Waals surface area contributed by atoms with Crippen molar-refractivity contribution in [2.24, 2.45) is 0 Å². The van der Waals surface area contributed by atoms with Crippen LogP contribution in [0.2, 0.25) is 0 Å². The van der Waals surface area contributed by atoms with Gasteiger partial charge < -0.3 is 10.2 Å². The molecule has 1 heterocycles. The predicted molar refractivity (Wildman–Crippen MR) is 125 cm³/mol. The lowest BCUT2D eigenvalue weighted by Crippen LogP contribution is -2.50. The fourth-order valence-corrected chi connectivity index (χ4v) is 4.10. The third-order valence-electron chi connectivity index (χ3n) is 6.17. The molecule has 0 spiro atoms. The standard InChI is InChI=1S/C25H29FN6O2/c1-17-7-11-20(12-8-17)24-28-30-32(29-24)16-23(33)31(15-19-9-13-21(26)14-10-19)18(2)25(34)27-22-5-3-4-6-22/h7-14,18,22H,3-6,15-16H2,1-2H3,(H,27,34)/t18-/m1/s1. The van der Waals surface area contributed by atoms with Crippen LogP contribution in [0.5, 0.6) is 0 Å². The molecule has 0 aliphatic heterocycles. The summed E-state index contributed by atoms with van der Waals surface area (Å²) in [5.74, 6) is -0.463. The Morgan fingerprint density at radius 1 is 1.12 bits per heavy atom. The van der Waals surface area contributed by atoms with Gasteiger partial charge in [-0.2, -0.15) is 4.80 Å². The Bertz CT molecular complexity index is 1120. The number of halogens is 1. The van der Waals surface area contributed by atoms with Crippen molar-refractivity contribution >= 4 is 11.8 Å². The number of amides is 2. The minimum absolute atomic E-state index is 0.145. The first kappa shape index (κ1) is 23.5. The van der Waals surface area contributed by atoms with Crippen molar-refractivity contribution in [3.63, 3.8) is 0 Å². The van der Waals surface area contributed by atoms with E-state index in [2.05, 4.69) is 20.7 Å². The van der Waals surface area contributed by atoms with E-state index in [1.165, 1.54) is 21.8 Å². The fourth-order valence-electron chi connectivity index (χ4n) is 4.10. The molecular weight excluding hydrogens is 435 g/mol. The van der Waals surface area contributed by atoms with Crippen LogP contribution in [0.1, 0.15) is 43.7 Å². The van der Waals surface area contributed by atoms with Crippen LogP contribution < -0.4 is 5.32 Å². The molecule has 1 aliphatic rings. The summed E-state index contributed by atoms with van der Waals surface area (Å²) in [6, 6.07) is 13.0. The highest BCUT2D eigenvalue weighted by Gasteiger charge is 2.29. The Morgan fingerprint density at radius 2 is 1.79 bits per heavy atom. The molecule has 3 aromatic rings. The molecule has 0 bridgehead atoms. The highest BCUT2D eigenvalue weighted by Crippen LogP contribution is 2.19. The van der Waals surface area contributed by atoms with E-state index in [1.807, 2.05) is 31.2 Å². The van der Waals surface area contributed by atoms with Crippen LogP contribution in [-0.4, -0.2) is 49.0 Å². The van der Waals surface area contributed by atoms with Gasteiger partial charge in [0.05, 0.1) is 0 Å². The molecule has 34 heavy (non-hydrogen) atoms. The SMILES string of the molecule is Cc1ccc(-c2nnn(CC(=O)N(Cc3ccc(F)cc3)[C@H](C)C(=O)NC3CCCC3)n2)cc1. The van der Waals surface area contributed by atoms with Gasteiger partial charge in [0.15, 0.2) is 0 Å². The van der Waals surface area contributed by atoms with Crippen molar-refractivity contribution in [1.82, 2.24) is 30.4 Å². The molecule has 9 heteroatoms. The molecule has 1 atom stereocenters. The normalized spacial score (nSPS) is 14.7. The average molecular weight is 465 g/mol. The van der Waals surface area contributed by atoms with Gasteiger partial charge in [-0.3, -0.25) is 9.59 Å². The summed E-state index contributed by atoms with van der Waals surface area (Å²) in [5, 5.41) is 15.5. The van der Waals surface area contributed by atoms with Crippen molar-refractivity contribution in [1.29, 1.82) is 0 Å². The Kier molecular flexibility index (Phi) is 7.30. The Labute approximate surface area is 198 Å². The second-order valence-corrected chi connectivity index (χ2v) is 8.82. The molecule has 1 aromatic heterocycles. The van der Waals surface area contributed by atoms with Gasteiger partial charge in [0.1, 0.15) is 18.4 Å². The highest BCUT2D eigenvalue weighted by molar-refractivity contribution is 5.87. The van der Waals surface area contributed by atoms with Crippen LogP contribution in [0.3, 0.4) is 0 Å². The third-order valence-corrected chi connectivity index (χ3v) is 6.17. The zero-order valence-corrected chi connectivity index (χ0v) is 19.4. The van der Waals surface area contributed by atoms with Gasteiger partial charge in [-0.25, -0.2) is 4.39 Å². The molecule has 0 saturated heterocycles. The highest BCUT2D eigenvalue weighted by atomic mass is 19.1. The van der Waals surface area contributed by atoms with Crippen molar-refractivity contribution in [3.05, 3.63) is 65.5 Å². The first-order chi connectivity index (χ1) is 16.4. The maximum absolute atomic E-state index is 13.4. The van der Waals surface area contributed by atoms with Crippen LogP contribution >= 0.6 is 0 Å². The summed E-state index contributed by atoms with van der Waals surface area (Å²) in [6.07, 6.45) is 4.10. The van der Waals surface area contributed by atoms with Crippen molar-refractivity contribution < 1.29 is 14.0 Å². The van der Waals surface area contributed by atoms with Crippen molar-refractivity contribution in [3.8, 4) is 11.4 Å². The lowest BCUT2D eigenvalue weighted by atomic mass is 10.1. The molecule has 1 aliphatic carbocycles. The van der Waals surface area contributed by atoms with E-state index in [1.54, 1.807) is 19.1 Å². The molecule has 0 radical (unpaired) electrons. The molecule has 1 saturated carbocycles. The number of hydrogen-bond acceptors (Lipinski definition) is 5. The largest absolute Gasteiger partial charge is 0.352 e. The topological polar surface area (TPSA) is 93.0 Å². The molecule has 0 unspecified atom stereocenters. The second kappa shape index (κ2) is 10.5. The number of rotatable bonds is 8. The van der Waals surface area contributed by atoms with Gasteiger partial charge in [-0.1, -0.05) is 54.8 Å². The number of carbonyl (C=O) groups excluding carboxylic acids is 2. The molecule has 1 N–H and O–H groups in total. The molecule has 8 nitrogen and oxygen atoms in total. The van der Waals surface area contributed by atoms with Gasteiger partial charge in [-0.15, -0.1) is 10.2 Å². The van der Waals surface area contributed by atoms with Gasteiger partial charge in [-0.05, 0) is 49.6 Å². The minimum atomic E-state index is -0.710. The van der Waals surface area contributed by atoms with Gasteiger partial charge >= 0.3 is 0 Å². The summed E-state index contributed by atoms with van der Waals surface area (Å²) in [4.78, 5) is 29.0. The first-order valence-electron chi connectivity index (χ1n) is 11.6. The minimum Gasteiger partial charge on any atom is -0.352 e. The zero-order chi connectivity index (χ0) is 24.1. The monoisotopic (exact) mass is 464 g/mol. The molecule has 4 rings (SSSR count). The predicted octanol–water partition coefficient (Wildman–Crippen LogP) is 3.26. The smallest absolute Gasteiger partial charge is 0.247 e. The van der Waals surface area contributed by atoms with Crippen LogP contribution in [-0.2, 0) is 22.7 Å². The van der Waals surface area contributed by atoms with Gasteiger partial charge in [0, 0.05) is 18.2 Å². The molecule has 2 amide bonds. The maximum Gasteiger partial charge on any atom is 0.247 e. The molecule has 178 valence electrons. The van der Waals surface area contributed by atoms with E-state index < -0.39 is 6.04 Å². The number of aryl methyl sites for hydroxylation is 1. The lowest BCUT2D eigenvalue weighted by Gasteiger charge is -2.29. The third kappa shape index (κ3) is 5.84. The number of nitrogens with zero attached hydrogens (tertiary/aromatic N) is 5. The van der Waals surface area contributed by atoms with Crippen molar-refractivity contribution in [2.45, 2.75) is 64.7 Å². The van der Waals surface area contributed by atoms with Crippen LogP contribution in [0.4, 0.5) is 4.39 Å². The van der Waals surface area contributed by atoms with E-state index in [-0.39, 0.29) is 36.8 Å². The first-order valence-corrected chi connectivity index (χ1v) is 11.6. The van der Waals surface area contributed by atoms with E-state index in [0.29, 0.717) is 5.82 Å². The lowest BCUT2D eigenvalue weighted by molar-refractivity contribution is -0.141. The van der Waals surface area contributed by atoms with E-state index in [9.17, 15) is 14.0 Å². The number of tetrazole rings is 1. The number of aromatic nitrogens is 4. The molecule has 2 aromatic carbocycles. The summed E-state index contributed by atoms with van der Waals surface area (Å²) in [7, 11) is 0. The molecule has 1 fully saturated rings. The van der Waals surface area contributed by atoms with Gasteiger partial charge in [0.25, 0.3) is 0 Å². The summed E-state index contributed by atoms with van der Waals surface area (Å²) in [5.41, 5.74) is 2.64. The Balaban J connectivity index is 1.50. The van der Waals surface area contributed by atoms with E-state index in [0.717, 1.165) is 42.4 Å². The quantitative estimate of drug-likeness (QED) is 0.552.